The second-order valence-electron chi connectivity index (χ2n) is 4.01. The fourth-order valence-electron chi connectivity index (χ4n) is 1.76. The molecule has 16 heavy (non-hydrogen) atoms. The van der Waals surface area contributed by atoms with Gasteiger partial charge >= 0.3 is 5.97 Å². The van der Waals surface area contributed by atoms with E-state index in [1.165, 1.54) is 0 Å². The molecule has 0 atom stereocenters. The number of aliphatic carboxylic acids is 1. The minimum absolute atomic E-state index is 0.0814. The molecule has 1 N–H and O–H groups in total. The van der Waals surface area contributed by atoms with Crippen LogP contribution in [-0.4, -0.2) is 38.8 Å². The lowest BCUT2D eigenvalue weighted by Crippen LogP contribution is -2.30. The molecule has 0 radical (unpaired) electrons. The molecule has 1 aromatic rings. The zero-order valence-electron chi connectivity index (χ0n) is 10.1. The summed E-state index contributed by atoms with van der Waals surface area (Å²) < 4.78 is 1.81. The molecule has 90 valence electrons. The number of hydrogen-bond acceptors (Lipinski definition) is 3. The molecule has 0 saturated carbocycles. The van der Waals surface area contributed by atoms with Gasteiger partial charge in [0.2, 0.25) is 0 Å². The van der Waals surface area contributed by atoms with Gasteiger partial charge in [-0.25, -0.2) is 0 Å². The van der Waals surface area contributed by atoms with Gasteiger partial charge < -0.3 is 5.11 Å². The first-order chi connectivity index (χ1) is 7.52. The molecule has 0 bridgehead atoms. The topological polar surface area (TPSA) is 58.4 Å². The van der Waals surface area contributed by atoms with Gasteiger partial charge in [0.25, 0.3) is 0 Å². The average Bonchev–Trinajstić information content (AvgIpc) is 2.44. The van der Waals surface area contributed by atoms with Crippen LogP contribution in [0.2, 0.25) is 0 Å². The molecule has 0 fully saturated rings. The van der Waals surface area contributed by atoms with Crippen molar-refractivity contribution in [3.05, 3.63) is 17.5 Å². The molecule has 0 unspecified atom stereocenters. The van der Waals surface area contributed by atoms with Crippen LogP contribution in [0, 0.1) is 6.92 Å². The van der Waals surface area contributed by atoms with E-state index >= 15 is 0 Å². The first-order valence-corrected chi connectivity index (χ1v) is 5.46. The highest BCUT2D eigenvalue weighted by molar-refractivity contribution is 5.69. The van der Waals surface area contributed by atoms with Gasteiger partial charge in [0.05, 0.1) is 17.9 Å². The van der Waals surface area contributed by atoms with Crippen LogP contribution in [0.3, 0.4) is 0 Å². The van der Waals surface area contributed by atoms with Crippen LogP contribution in [0.15, 0.2) is 6.07 Å². The monoisotopic (exact) mass is 225 g/mol. The van der Waals surface area contributed by atoms with Gasteiger partial charge in [0, 0.05) is 13.6 Å². The van der Waals surface area contributed by atoms with Crippen molar-refractivity contribution in [2.75, 3.05) is 13.1 Å². The fourth-order valence-corrected chi connectivity index (χ4v) is 1.76. The van der Waals surface area contributed by atoms with Crippen molar-refractivity contribution in [2.24, 2.45) is 7.05 Å². The second kappa shape index (κ2) is 5.65. The van der Waals surface area contributed by atoms with Crippen LogP contribution in [0.25, 0.3) is 0 Å². The minimum Gasteiger partial charge on any atom is -0.480 e. The van der Waals surface area contributed by atoms with Gasteiger partial charge in [-0.2, -0.15) is 5.10 Å². The molecular formula is C11H19N3O2. The number of aromatic nitrogens is 2. The molecule has 0 aliphatic rings. The second-order valence-corrected chi connectivity index (χ2v) is 4.01. The minimum atomic E-state index is -0.785. The maximum absolute atomic E-state index is 10.7. The van der Waals surface area contributed by atoms with Crippen LogP contribution in [-0.2, 0) is 18.4 Å². The molecule has 5 heteroatoms. The van der Waals surface area contributed by atoms with Crippen LogP contribution in [0.1, 0.15) is 24.7 Å². The van der Waals surface area contributed by atoms with Crippen LogP contribution >= 0.6 is 0 Å². The molecule has 1 heterocycles. The van der Waals surface area contributed by atoms with Crippen LogP contribution < -0.4 is 0 Å². The van der Waals surface area contributed by atoms with Crippen molar-refractivity contribution in [1.29, 1.82) is 0 Å². The summed E-state index contributed by atoms with van der Waals surface area (Å²) in [6.07, 6.45) is 0.949. The molecule has 0 amide bonds. The number of carboxylic acids is 1. The van der Waals surface area contributed by atoms with E-state index in [1.807, 2.05) is 31.9 Å². The van der Waals surface area contributed by atoms with Gasteiger partial charge in [0.1, 0.15) is 0 Å². The maximum Gasteiger partial charge on any atom is 0.317 e. The Kier molecular flexibility index (Phi) is 4.49. The van der Waals surface area contributed by atoms with Gasteiger partial charge in [0.15, 0.2) is 0 Å². The summed E-state index contributed by atoms with van der Waals surface area (Å²) >= 11 is 0. The first-order valence-electron chi connectivity index (χ1n) is 5.46. The van der Waals surface area contributed by atoms with Crippen molar-refractivity contribution in [2.45, 2.75) is 26.8 Å². The quantitative estimate of drug-likeness (QED) is 0.785. The van der Waals surface area contributed by atoms with E-state index in [1.54, 1.807) is 4.68 Å². The highest BCUT2D eigenvalue weighted by atomic mass is 16.4. The van der Waals surface area contributed by atoms with Crippen LogP contribution in [0.4, 0.5) is 0 Å². The SMILES string of the molecule is CCCN(CC(=O)O)Cc1cc(C)nn1C. The zero-order chi connectivity index (χ0) is 12.1. The Balaban J connectivity index is 2.66. The molecular weight excluding hydrogens is 206 g/mol. The number of carbonyl (C=O) groups is 1. The summed E-state index contributed by atoms with van der Waals surface area (Å²) in [7, 11) is 1.88. The molecule has 5 nitrogen and oxygen atoms in total. The van der Waals surface area contributed by atoms with E-state index in [-0.39, 0.29) is 6.54 Å². The Morgan fingerprint density at radius 3 is 2.75 bits per heavy atom. The lowest BCUT2D eigenvalue weighted by atomic mass is 10.3. The summed E-state index contributed by atoms with van der Waals surface area (Å²) in [5.74, 6) is -0.785. The van der Waals surface area contributed by atoms with E-state index in [9.17, 15) is 4.79 Å². The number of hydrogen-bond donors (Lipinski definition) is 1. The third kappa shape index (κ3) is 3.66. The molecule has 0 aliphatic heterocycles. The van der Waals surface area contributed by atoms with E-state index in [0.29, 0.717) is 6.54 Å². The summed E-state index contributed by atoms with van der Waals surface area (Å²) in [6, 6.07) is 1.99. The lowest BCUT2D eigenvalue weighted by Gasteiger charge is -2.19. The summed E-state index contributed by atoms with van der Waals surface area (Å²) in [5, 5.41) is 13.0. The van der Waals surface area contributed by atoms with Gasteiger partial charge in [-0.3, -0.25) is 14.4 Å². The molecule has 0 spiro atoms. The van der Waals surface area contributed by atoms with Gasteiger partial charge in [-0.1, -0.05) is 6.92 Å². The third-order valence-electron chi connectivity index (χ3n) is 2.38. The van der Waals surface area contributed by atoms with E-state index in [0.717, 1.165) is 24.4 Å². The summed E-state index contributed by atoms with van der Waals surface area (Å²) in [6.45, 7) is 5.49. The first kappa shape index (κ1) is 12.7. The van der Waals surface area contributed by atoms with Crippen LogP contribution in [0.5, 0.6) is 0 Å². The lowest BCUT2D eigenvalue weighted by molar-refractivity contribution is -0.138. The van der Waals surface area contributed by atoms with Gasteiger partial charge in [-0.05, 0) is 26.0 Å². The molecule has 0 aromatic carbocycles. The Bertz CT molecular complexity index is 360. The summed E-state index contributed by atoms with van der Waals surface area (Å²) in [4.78, 5) is 12.6. The Hall–Kier alpha value is -1.36. The zero-order valence-corrected chi connectivity index (χ0v) is 10.1. The number of aryl methyl sites for hydroxylation is 2. The van der Waals surface area contributed by atoms with Gasteiger partial charge in [-0.15, -0.1) is 0 Å². The highest BCUT2D eigenvalue weighted by Crippen LogP contribution is 2.06. The average molecular weight is 225 g/mol. The molecule has 0 aliphatic carbocycles. The van der Waals surface area contributed by atoms with Crippen molar-refractivity contribution in [1.82, 2.24) is 14.7 Å². The Morgan fingerprint density at radius 1 is 1.62 bits per heavy atom. The standard InChI is InChI=1S/C11H19N3O2/c1-4-5-14(8-11(15)16)7-10-6-9(2)12-13(10)3/h6H,4-5,7-8H2,1-3H3,(H,15,16). The van der Waals surface area contributed by atoms with Crippen molar-refractivity contribution < 1.29 is 9.90 Å². The molecule has 0 saturated heterocycles. The highest BCUT2D eigenvalue weighted by Gasteiger charge is 2.11. The summed E-state index contributed by atoms with van der Waals surface area (Å²) in [5.41, 5.74) is 2.01. The fraction of sp³-hybridized carbons (Fsp3) is 0.636. The maximum atomic E-state index is 10.7. The van der Waals surface area contributed by atoms with Crippen molar-refractivity contribution in [3.63, 3.8) is 0 Å². The largest absolute Gasteiger partial charge is 0.480 e. The predicted molar refractivity (Wildman–Crippen MR) is 61.1 cm³/mol. The number of rotatable bonds is 6. The number of nitrogens with zero attached hydrogens (tertiary/aromatic N) is 3. The van der Waals surface area contributed by atoms with E-state index < -0.39 is 5.97 Å². The van der Waals surface area contributed by atoms with Crippen molar-refractivity contribution >= 4 is 5.97 Å². The van der Waals surface area contributed by atoms with Crippen molar-refractivity contribution in [3.8, 4) is 0 Å². The third-order valence-corrected chi connectivity index (χ3v) is 2.38. The smallest absolute Gasteiger partial charge is 0.317 e. The Labute approximate surface area is 95.7 Å². The van der Waals surface area contributed by atoms with E-state index in [4.69, 9.17) is 5.11 Å². The molecule has 1 aromatic heterocycles. The molecule has 1 rings (SSSR count). The Morgan fingerprint density at radius 2 is 2.31 bits per heavy atom. The normalized spacial score (nSPS) is 11.0. The van der Waals surface area contributed by atoms with E-state index in [2.05, 4.69) is 5.10 Å². The number of carboxylic acid groups (broad SMARTS) is 1. The predicted octanol–water partition coefficient (Wildman–Crippen LogP) is 1.03.